The number of nitrogens with zero attached hydrogens (tertiary/aromatic N) is 5. The van der Waals surface area contributed by atoms with Crippen LogP contribution in [0.25, 0.3) is 0 Å². The summed E-state index contributed by atoms with van der Waals surface area (Å²) in [6, 6.07) is 11.5. The Kier molecular flexibility index (Phi) is 11.6. The number of aromatic nitrogens is 2. The van der Waals surface area contributed by atoms with Crippen LogP contribution in [0.4, 0.5) is 10.2 Å². The molecule has 0 amide bonds. The molecule has 0 radical (unpaired) electrons. The zero-order valence-corrected chi connectivity index (χ0v) is 24.1. The minimum absolute atomic E-state index is 0.135. The van der Waals surface area contributed by atoms with E-state index in [1.54, 1.807) is 24.4 Å². The van der Waals surface area contributed by atoms with E-state index >= 15 is 0 Å². The molecular weight excluding hydrogens is 499 g/mol. The molecule has 9 heteroatoms. The van der Waals surface area contributed by atoms with Crippen LogP contribution in [-0.2, 0) is 4.74 Å². The minimum Gasteiger partial charge on any atom is -0.378 e. The first-order chi connectivity index (χ1) is 18.6. The number of rotatable bonds is 8. The third-order valence-electron chi connectivity index (χ3n) is 7.95. The molecule has 0 bridgehead atoms. The van der Waals surface area contributed by atoms with Crippen molar-refractivity contribution >= 4 is 18.0 Å². The fourth-order valence-corrected chi connectivity index (χ4v) is 6.57. The Balaban J connectivity index is 0.00000164. The Bertz CT molecular complexity index is 940. The van der Waals surface area contributed by atoms with Crippen LogP contribution in [0.15, 0.2) is 42.6 Å². The second kappa shape index (κ2) is 15.1. The Morgan fingerprint density at radius 3 is 2.50 bits per heavy atom. The number of hydrogen-bond donors (Lipinski definition) is 1. The Morgan fingerprint density at radius 2 is 1.79 bits per heavy atom. The van der Waals surface area contributed by atoms with Gasteiger partial charge in [0.2, 0.25) is 0 Å². The lowest BCUT2D eigenvalue weighted by Crippen LogP contribution is -2.51. The Labute approximate surface area is 232 Å². The number of piperazine rings is 1. The van der Waals surface area contributed by atoms with Crippen molar-refractivity contribution in [3.05, 3.63) is 54.0 Å². The minimum atomic E-state index is -0.135. The SMILES string of the molecule is CC.CN1CCN(SNC2CCN(c3cccnn3)CC2COC2CCC(c3cccc(F)c3)CC2)CC1. The maximum atomic E-state index is 13.7. The largest absolute Gasteiger partial charge is 0.378 e. The standard InChI is InChI=1S/C27H39FN6OS.C2H6/c1-32-14-16-34(17-15-32)36-31-26-11-13-33(27-6-3-12-29-30-27)19-23(26)20-35-25-9-7-21(8-10-25)22-4-2-5-24(28)18-22;1-2/h2-6,12,18,21,23,25-26,31H,7-11,13-17,19-20H2,1H3;1-2H3. The van der Waals surface area contributed by atoms with Gasteiger partial charge in [-0.05, 0) is 74.9 Å². The maximum Gasteiger partial charge on any atom is 0.151 e. The zero-order chi connectivity index (χ0) is 26.7. The maximum absolute atomic E-state index is 13.7. The molecule has 0 spiro atoms. The van der Waals surface area contributed by atoms with Crippen molar-refractivity contribution < 1.29 is 9.13 Å². The molecule has 2 atom stereocenters. The fourth-order valence-electron chi connectivity index (χ4n) is 5.63. The first kappa shape index (κ1) is 29.2. The summed E-state index contributed by atoms with van der Waals surface area (Å²) in [5, 5.41) is 8.44. The monoisotopic (exact) mass is 544 g/mol. The molecule has 1 aromatic heterocycles. The van der Waals surface area contributed by atoms with Gasteiger partial charge in [0, 0.05) is 69.6 Å². The third-order valence-corrected chi connectivity index (χ3v) is 8.98. The van der Waals surface area contributed by atoms with Gasteiger partial charge in [0.15, 0.2) is 5.82 Å². The number of benzene rings is 1. The molecule has 1 saturated carbocycles. The molecule has 38 heavy (non-hydrogen) atoms. The third kappa shape index (κ3) is 8.36. The van der Waals surface area contributed by atoms with Gasteiger partial charge in [0.05, 0.1) is 12.7 Å². The van der Waals surface area contributed by atoms with Crippen LogP contribution < -0.4 is 9.62 Å². The predicted octanol–water partition coefficient (Wildman–Crippen LogP) is 4.98. The van der Waals surface area contributed by atoms with E-state index in [0.29, 0.717) is 17.9 Å². The van der Waals surface area contributed by atoms with Crippen molar-refractivity contribution in [2.45, 2.75) is 64.0 Å². The average Bonchev–Trinajstić information content (AvgIpc) is 2.98. The molecule has 3 fully saturated rings. The van der Waals surface area contributed by atoms with E-state index in [1.165, 1.54) is 6.07 Å². The van der Waals surface area contributed by atoms with Gasteiger partial charge < -0.3 is 14.5 Å². The highest BCUT2D eigenvalue weighted by atomic mass is 32.2. The van der Waals surface area contributed by atoms with Gasteiger partial charge in [-0.1, -0.05) is 26.0 Å². The second-order valence-electron chi connectivity index (χ2n) is 10.5. The first-order valence-corrected chi connectivity index (χ1v) is 15.2. The number of likely N-dealkylation sites (N-methyl/N-ethyl adjacent to an activating group) is 1. The van der Waals surface area contributed by atoms with Crippen LogP contribution in [0.5, 0.6) is 0 Å². The zero-order valence-electron chi connectivity index (χ0n) is 23.3. The molecule has 3 heterocycles. The Morgan fingerprint density at radius 1 is 1.00 bits per heavy atom. The quantitative estimate of drug-likeness (QED) is 0.467. The Hall–Kier alpha value is -1.78. The summed E-state index contributed by atoms with van der Waals surface area (Å²) in [4.78, 5) is 4.73. The van der Waals surface area contributed by atoms with E-state index in [0.717, 1.165) is 89.4 Å². The van der Waals surface area contributed by atoms with Crippen LogP contribution in [0.1, 0.15) is 57.4 Å². The molecule has 7 nitrogen and oxygen atoms in total. The van der Waals surface area contributed by atoms with Gasteiger partial charge >= 0.3 is 0 Å². The molecule has 1 aliphatic carbocycles. The summed E-state index contributed by atoms with van der Waals surface area (Å²) in [6.07, 6.45) is 7.26. The second-order valence-corrected chi connectivity index (χ2v) is 11.4. The van der Waals surface area contributed by atoms with Crippen LogP contribution in [0.3, 0.4) is 0 Å². The van der Waals surface area contributed by atoms with E-state index < -0.39 is 0 Å². The number of halogens is 1. The lowest BCUT2D eigenvalue weighted by molar-refractivity contribution is -0.00207. The summed E-state index contributed by atoms with van der Waals surface area (Å²) >= 11 is 1.79. The van der Waals surface area contributed by atoms with Crippen molar-refractivity contribution in [1.82, 2.24) is 24.1 Å². The molecule has 3 aliphatic rings. The number of piperidine rings is 1. The number of anilines is 1. The summed E-state index contributed by atoms with van der Waals surface area (Å²) in [5.41, 5.74) is 1.13. The molecule has 210 valence electrons. The van der Waals surface area contributed by atoms with Crippen LogP contribution in [-0.4, -0.2) is 84.5 Å². The van der Waals surface area contributed by atoms with Gasteiger partial charge in [-0.3, -0.25) is 0 Å². The number of ether oxygens (including phenoxy) is 1. The van der Waals surface area contributed by atoms with Crippen molar-refractivity contribution in [2.75, 3.05) is 57.8 Å². The van der Waals surface area contributed by atoms with Gasteiger partial charge in [0.1, 0.15) is 5.82 Å². The molecule has 5 rings (SSSR count). The van der Waals surface area contributed by atoms with E-state index in [-0.39, 0.29) is 11.9 Å². The normalized spacial score (nSPS) is 27.0. The molecular formula is C29H45FN6OS. The smallest absolute Gasteiger partial charge is 0.151 e. The summed E-state index contributed by atoms with van der Waals surface area (Å²) in [5.74, 6) is 1.63. The molecule has 2 unspecified atom stereocenters. The van der Waals surface area contributed by atoms with E-state index in [2.05, 4.69) is 42.1 Å². The van der Waals surface area contributed by atoms with E-state index in [4.69, 9.17) is 4.74 Å². The van der Waals surface area contributed by atoms with Gasteiger partial charge in [-0.25, -0.2) is 13.4 Å². The predicted molar refractivity (Wildman–Crippen MR) is 155 cm³/mol. The van der Waals surface area contributed by atoms with E-state index in [9.17, 15) is 4.39 Å². The topological polar surface area (TPSA) is 56.8 Å². The van der Waals surface area contributed by atoms with Gasteiger partial charge in [0.25, 0.3) is 0 Å². The van der Waals surface area contributed by atoms with Crippen molar-refractivity contribution in [2.24, 2.45) is 5.92 Å². The highest BCUT2D eigenvalue weighted by Gasteiger charge is 2.32. The van der Waals surface area contributed by atoms with Gasteiger partial charge in [-0.15, -0.1) is 5.10 Å². The fraction of sp³-hybridized carbons (Fsp3) is 0.655. The van der Waals surface area contributed by atoms with Gasteiger partial charge in [-0.2, -0.15) is 5.10 Å². The summed E-state index contributed by atoms with van der Waals surface area (Å²) in [6.45, 7) is 11.0. The van der Waals surface area contributed by atoms with Crippen LogP contribution in [0, 0.1) is 11.7 Å². The molecule has 1 N–H and O–H groups in total. The highest BCUT2D eigenvalue weighted by molar-refractivity contribution is 7.95. The van der Waals surface area contributed by atoms with E-state index in [1.807, 2.05) is 32.0 Å². The lowest BCUT2D eigenvalue weighted by atomic mass is 9.82. The summed E-state index contributed by atoms with van der Waals surface area (Å²) in [7, 11) is 2.19. The van der Waals surface area contributed by atoms with Crippen molar-refractivity contribution in [1.29, 1.82) is 0 Å². The molecule has 2 saturated heterocycles. The molecule has 1 aromatic carbocycles. The number of hydrogen-bond acceptors (Lipinski definition) is 8. The first-order valence-electron chi connectivity index (χ1n) is 14.4. The van der Waals surface area contributed by atoms with Crippen molar-refractivity contribution in [3.8, 4) is 0 Å². The molecule has 2 aliphatic heterocycles. The number of nitrogens with one attached hydrogen (secondary N) is 1. The summed E-state index contributed by atoms with van der Waals surface area (Å²) < 4.78 is 26.5. The lowest BCUT2D eigenvalue weighted by Gasteiger charge is -2.41. The highest BCUT2D eigenvalue weighted by Crippen LogP contribution is 2.35. The van der Waals surface area contributed by atoms with Crippen LogP contribution >= 0.6 is 12.1 Å². The van der Waals surface area contributed by atoms with Crippen LogP contribution in [0.2, 0.25) is 0 Å². The molecule has 2 aromatic rings. The van der Waals surface area contributed by atoms with Crippen molar-refractivity contribution in [3.63, 3.8) is 0 Å². The average molecular weight is 545 g/mol.